The summed E-state index contributed by atoms with van der Waals surface area (Å²) in [6.07, 6.45) is 2.98. The van der Waals surface area contributed by atoms with E-state index in [1.807, 2.05) is 19.1 Å². The van der Waals surface area contributed by atoms with Crippen molar-refractivity contribution < 1.29 is 14.4 Å². The lowest BCUT2D eigenvalue weighted by atomic mass is 10.2. The van der Waals surface area contributed by atoms with Crippen molar-refractivity contribution >= 4 is 54.7 Å². The third kappa shape index (κ3) is 6.05. The molecule has 0 N–H and O–H groups in total. The molecule has 0 aliphatic carbocycles. The van der Waals surface area contributed by atoms with Crippen LogP contribution in [0.2, 0.25) is 0 Å². The zero-order valence-corrected chi connectivity index (χ0v) is 23.2. The monoisotopic (exact) mass is 628 g/mol. The second-order valence-electron chi connectivity index (χ2n) is 8.05. The normalized spacial score (nSPS) is 11.2. The van der Waals surface area contributed by atoms with Gasteiger partial charge in [-0.2, -0.15) is 9.78 Å². The van der Waals surface area contributed by atoms with Gasteiger partial charge in [-0.05, 0) is 75.9 Å². The first kappa shape index (κ1) is 26.5. The Kier molecular flexibility index (Phi) is 8.34. The number of fused-ring (bicyclic) bond motifs is 1. The largest absolute Gasteiger partial charge is 0.493 e. The van der Waals surface area contributed by atoms with Gasteiger partial charge in [0.25, 0.3) is 11.2 Å². The first-order valence-electron chi connectivity index (χ1n) is 11.3. The summed E-state index contributed by atoms with van der Waals surface area (Å²) in [6, 6.07) is 15.1. The van der Waals surface area contributed by atoms with Crippen LogP contribution >= 0.6 is 31.9 Å². The highest BCUT2D eigenvalue weighted by molar-refractivity contribution is 9.10. The maximum absolute atomic E-state index is 13.2. The molecule has 0 unspecified atom stereocenters. The van der Waals surface area contributed by atoms with Crippen LogP contribution in [0.15, 0.2) is 73.4 Å². The van der Waals surface area contributed by atoms with Crippen molar-refractivity contribution in [3.63, 3.8) is 0 Å². The van der Waals surface area contributed by atoms with Crippen molar-refractivity contribution in [1.82, 2.24) is 9.66 Å². The maximum atomic E-state index is 13.2. The minimum Gasteiger partial charge on any atom is -0.493 e. The summed E-state index contributed by atoms with van der Waals surface area (Å²) in [5, 5.41) is 15.8. The third-order valence-corrected chi connectivity index (χ3v) is 6.54. The van der Waals surface area contributed by atoms with Gasteiger partial charge in [0.05, 0.1) is 33.6 Å². The standard InChI is InChI=1S/C26H22Br2N4O5/c1-3-4-24-30-22-10-7-18(27)13-20(22)26(33)31(24)29-14-17-11-21(28)25(23(12-17)36-2)37-15-16-5-8-19(9-6-16)32(34)35/h5-14H,3-4,15H2,1-2H3. The molecule has 0 radical (unpaired) electrons. The highest BCUT2D eigenvalue weighted by Gasteiger charge is 2.14. The Morgan fingerprint density at radius 3 is 2.57 bits per heavy atom. The van der Waals surface area contributed by atoms with Gasteiger partial charge in [0.1, 0.15) is 12.4 Å². The number of aromatic nitrogens is 2. The molecule has 37 heavy (non-hydrogen) atoms. The molecule has 0 aliphatic rings. The second-order valence-corrected chi connectivity index (χ2v) is 9.82. The van der Waals surface area contributed by atoms with Crippen molar-refractivity contribution in [3.05, 3.63) is 101 Å². The molecule has 0 aliphatic heterocycles. The Morgan fingerprint density at radius 1 is 1.14 bits per heavy atom. The highest BCUT2D eigenvalue weighted by Crippen LogP contribution is 2.37. The fraction of sp³-hybridized carbons (Fsp3) is 0.192. The highest BCUT2D eigenvalue weighted by atomic mass is 79.9. The molecule has 4 rings (SSSR count). The minimum atomic E-state index is -0.448. The number of ether oxygens (including phenoxy) is 2. The van der Waals surface area contributed by atoms with Crippen LogP contribution in [0.25, 0.3) is 10.9 Å². The van der Waals surface area contributed by atoms with Gasteiger partial charge in [-0.1, -0.05) is 22.9 Å². The Morgan fingerprint density at radius 2 is 1.89 bits per heavy atom. The lowest BCUT2D eigenvalue weighted by molar-refractivity contribution is -0.384. The Balaban J connectivity index is 1.63. The molecule has 1 heterocycles. The van der Waals surface area contributed by atoms with Crippen molar-refractivity contribution in [3.8, 4) is 11.5 Å². The Bertz CT molecular complexity index is 1550. The Labute approximate surface area is 229 Å². The number of nitrogens with zero attached hydrogens (tertiary/aromatic N) is 4. The molecule has 1 aromatic heterocycles. The van der Waals surface area contributed by atoms with E-state index in [2.05, 4.69) is 41.9 Å². The van der Waals surface area contributed by atoms with Crippen LogP contribution < -0.4 is 15.0 Å². The summed E-state index contributed by atoms with van der Waals surface area (Å²) < 4.78 is 14.2. The van der Waals surface area contributed by atoms with Crippen molar-refractivity contribution in [2.24, 2.45) is 5.10 Å². The summed E-state index contributed by atoms with van der Waals surface area (Å²) in [4.78, 5) is 28.3. The predicted molar refractivity (Wildman–Crippen MR) is 149 cm³/mol. The van der Waals surface area contributed by atoms with E-state index in [1.165, 1.54) is 23.9 Å². The first-order chi connectivity index (χ1) is 17.8. The zero-order valence-electron chi connectivity index (χ0n) is 20.0. The zero-order chi connectivity index (χ0) is 26.5. The van der Waals surface area contributed by atoms with Crippen LogP contribution in [0.4, 0.5) is 5.69 Å². The summed E-state index contributed by atoms with van der Waals surface area (Å²) in [6.45, 7) is 2.21. The van der Waals surface area contributed by atoms with Crippen molar-refractivity contribution in [2.75, 3.05) is 7.11 Å². The number of halogens is 2. The summed E-state index contributed by atoms with van der Waals surface area (Å²) in [5.41, 5.74) is 1.84. The fourth-order valence-electron chi connectivity index (χ4n) is 3.65. The van der Waals surface area contributed by atoms with Crippen LogP contribution in [0.3, 0.4) is 0 Å². The predicted octanol–water partition coefficient (Wildman–Crippen LogP) is 6.25. The van der Waals surface area contributed by atoms with Gasteiger partial charge in [-0.25, -0.2) is 4.98 Å². The fourth-order valence-corrected chi connectivity index (χ4v) is 4.58. The van der Waals surface area contributed by atoms with Gasteiger partial charge in [0, 0.05) is 23.0 Å². The summed E-state index contributed by atoms with van der Waals surface area (Å²) >= 11 is 6.93. The molecule has 0 bridgehead atoms. The number of non-ortho nitro benzene ring substituents is 1. The van der Waals surface area contributed by atoms with Crippen molar-refractivity contribution in [2.45, 2.75) is 26.4 Å². The van der Waals surface area contributed by atoms with Gasteiger partial charge in [0.2, 0.25) is 0 Å². The molecule has 9 nitrogen and oxygen atoms in total. The SMILES string of the molecule is CCCc1nc2ccc(Br)cc2c(=O)n1N=Cc1cc(Br)c(OCc2ccc([N+](=O)[O-])cc2)c(OC)c1. The van der Waals surface area contributed by atoms with E-state index in [4.69, 9.17) is 9.47 Å². The minimum absolute atomic E-state index is 0.0154. The quantitative estimate of drug-likeness (QED) is 0.123. The molecule has 3 aromatic carbocycles. The molecular formula is C26H22Br2N4O5. The molecule has 4 aromatic rings. The van der Waals surface area contributed by atoms with Crippen LogP contribution in [0.1, 0.15) is 30.3 Å². The topological polar surface area (TPSA) is 109 Å². The second kappa shape index (κ2) is 11.7. The molecule has 0 saturated heterocycles. The molecule has 0 saturated carbocycles. The van der Waals surface area contributed by atoms with Gasteiger partial charge in [-0.3, -0.25) is 14.9 Å². The van der Waals surface area contributed by atoms with Crippen LogP contribution in [-0.2, 0) is 13.0 Å². The van der Waals surface area contributed by atoms with E-state index >= 15 is 0 Å². The lowest BCUT2D eigenvalue weighted by Crippen LogP contribution is -2.22. The summed E-state index contributed by atoms with van der Waals surface area (Å²) in [7, 11) is 1.52. The average Bonchev–Trinajstić information content (AvgIpc) is 2.88. The van der Waals surface area contributed by atoms with Gasteiger partial charge < -0.3 is 9.47 Å². The Hall–Kier alpha value is -3.57. The van der Waals surface area contributed by atoms with Gasteiger partial charge >= 0.3 is 0 Å². The molecule has 0 amide bonds. The number of hydrogen-bond donors (Lipinski definition) is 0. The molecule has 190 valence electrons. The number of nitro groups is 1. The van der Waals surface area contributed by atoms with E-state index in [1.54, 1.807) is 36.5 Å². The smallest absolute Gasteiger partial charge is 0.282 e. The van der Waals surface area contributed by atoms with Crippen LogP contribution in [0.5, 0.6) is 11.5 Å². The average molecular weight is 630 g/mol. The van der Waals surface area contributed by atoms with E-state index in [-0.39, 0.29) is 17.9 Å². The number of nitro benzene ring substituents is 1. The van der Waals surface area contributed by atoms with Gasteiger partial charge in [-0.15, -0.1) is 0 Å². The number of aryl methyl sites for hydroxylation is 1. The lowest BCUT2D eigenvalue weighted by Gasteiger charge is -2.14. The van der Waals surface area contributed by atoms with E-state index in [0.29, 0.717) is 44.7 Å². The third-order valence-electron chi connectivity index (χ3n) is 5.45. The van der Waals surface area contributed by atoms with Crippen LogP contribution in [-0.4, -0.2) is 27.9 Å². The van der Waals surface area contributed by atoms with E-state index in [0.717, 1.165) is 16.5 Å². The van der Waals surface area contributed by atoms with E-state index < -0.39 is 4.92 Å². The van der Waals surface area contributed by atoms with Crippen molar-refractivity contribution in [1.29, 1.82) is 0 Å². The maximum Gasteiger partial charge on any atom is 0.282 e. The van der Waals surface area contributed by atoms with Crippen LogP contribution in [0, 0.1) is 10.1 Å². The molecule has 0 fully saturated rings. The summed E-state index contributed by atoms with van der Waals surface area (Å²) in [5.74, 6) is 1.51. The molecule has 0 spiro atoms. The molecule has 11 heteroatoms. The molecule has 0 atom stereocenters. The number of benzene rings is 3. The number of methoxy groups -OCH3 is 1. The first-order valence-corrected chi connectivity index (χ1v) is 12.9. The molecular weight excluding hydrogens is 608 g/mol. The number of hydrogen-bond acceptors (Lipinski definition) is 7. The number of rotatable bonds is 9. The van der Waals surface area contributed by atoms with Gasteiger partial charge in [0.15, 0.2) is 11.5 Å². The van der Waals surface area contributed by atoms with E-state index in [9.17, 15) is 14.9 Å².